The lowest BCUT2D eigenvalue weighted by Gasteiger charge is -2.36. The van der Waals surface area contributed by atoms with Crippen molar-refractivity contribution in [2.75, 3.05) is 32.8 Å². The third kappa shape index (κ3) is 5.59. The number of nitrogens with one attached hydrogen (secondary N) is 1. The zero-order chi connectivity index (χ0) is 15.1. The van der Waals surface area contributed by atoms with Crippen molar-refractivity contribution in [2.45, 2.75) is 58.4 Å². The van der Waals surface area contributed by atoms with E-state index in [-0.39, 0.29) is 11.8 Å². The number of carbonyl (C=O) groups excluding carboxylic acids is 1. The van der Waals surface area contributed by atoms with Gasteiger partial charge < -0.3 is 10.1 Å². The number of amides is 1. The Morgan fingerprint density at radius 3 is 2.48 bits per heavy atom. The van der Waals surface area contributed by atoms with Crippen LogP contribution in [0.3, 0.4) is 0 Å². The van der Waals surface area contributed by atoms with Gasteiger partial charge in [-0.1, -0.05) is 33.1 Å². The lowest BCUT2D eigenvalue weighted by Crippen LogP contribution is -2.50. The van der Waals surface area contributed by atoms with Crippen LogP contribution >= 0.6 is 0 Å². The standard InChI is InChI=1S/C17H32N2O2/c1-14(2)12-16(19-8-10-21-11-9-19)13-18-17(20)15-6-4-3-5-7-15/h14-16H,3-13H2,1-2H3,(H,18,20). The monoisotopic (exact) mass is 296 g/mol. The second kappa shape index (κ2) is 8.74. The fraction of sp³-hybridized carbons (Fsp3) is 0.941. The predicted octanol–water partition coefficient (Wildman–Crippen LogP) is 2.43. The molecule has 1 aliphatic heterocycles. The molecule has 1 N–H and O–H groups in total. The van der Waals surface area contributed by atoms with E-state index in [0.29, 0.717) is 12.0 Å². The fourth-order valence-electron chi connectivity index (χ4n) is 3.58. The molecule has 4 nitrogen and oxygen atoms in total. The van der Waals surface area contributed by atoms with E-state index < -0.39 is 0 Å². The molecule has 2 fully saturated rings. The lowest BCUT2D eigenvalue weighted by molar-refractivity contribution is -0.126. The maximum absolute atomic E-state index is 12.3. The van der Waals surface area contributed by atoms with Gasteiger partial charge in [0.1, 0.15) is 0 Å². The maximum Gasteiger partial charge on any atom is 0.223 e. The normalized spacial score (nSPS) is 23.2. The van der Waals surface area contributed by atoms with Gasteiger partial charge in [0.15, 0.2) is 0 Å². The van der Waals surface area contributed by atoms with Crippen LogP contribution in [0.15, 0.2) is 0 Å². The minimum Gasteiger partial charge on any atom is -0.379 e. The number of rotatable bonds is 6. The van der Waals surface area contributed by atoms with E-state index in [1.807, 2.05) is 0 Å². The Hall–Kier alpha value is -0.610. The molecule has 0 aromatic carbocycles. The van der Waals surface area contributed by atoms with Crippen LogP contribution in [-0.4, -0.2) is 49.7 Å². The molecule has 2 aliphatic rings. The van der Waals surface area contributed by atoms with Crippen LogP contribution in [0.2, 0.25) is 0 Å². The number of ether oxygens (including phenoxy) is 1. The summed E-state index contributed by atoms with van der Waals surface area (Å²) >= 11 is 0. The molecular weight excluding hydrogens is 264 g/mol. The molecule has 1 unspecified atom stereocenters. The zero-order valence-electron chi connectivity index (χ0n) is 13.8. The van der Waals surface area contributed by atoms with Gasteiger partial charge in [-0.3, -0.25) is 9.69 Å². The molecule has 1 amide bonds. The molecular formula is C17H32N2O2. The molecule has 0 aromatic rings. The van der Waals surface area contributed by atoms with Crippen molar-refractivity contribution in [1.82, 2.24) is 10.2 Å². The van der Waals surface area contributed by atoms with Crippen molar-refractivity contribution in [3.63, 3.8) is 0 Å². The predicted molar refractivity (Wildman–Crippen MR) is 85.2 cm³/mol. The van der Waals surface area contributed by atoms with E-state index in [1.165, 1.54) is 19.3 Å². The highest BCUT2D eigenvalue weighted by molar-refractivity contribution is 5.78. The lowest BCUT2D eigenvalue weighted by atomic mass is 9.88. The number of hydrogen-bond donors (Lipinski definition) is 1. The number of carbonyl (C=O) groups is 1. The molecule has 21 heavy (non-hydrogen) atoms. The third-order valence-electron chi connectivity index (χ3n) is 4.79. The molecule has 1 saturated carbocycles. The van der Waals surface area contributed by atoms with E-state index in [9.17, 15) is 4.79 Å². The van der Waals surface area contributed by atoms with Crippen LogP contribution in [0.1, 0.15) is 52.4 Å². The summed E-state index contributed by atoms with van der Waals surface area (Å²) in [7, 11) is 0. The average molecular weight is 296 g/mol. The largest absolute Gasteiger partial charge is 0.379 e. The number of nitrogens with zero attached hydrogens (tertiary/aromatic N) is 1. The third-order valence-corrected chi connectivity index (χ3v) is 4.79. The maximum atomic E-state index is 12.3. The van der Waals surface area contributed by atoms with Gasteiger partial charge in [-0.15, -0.1) is 0 Å². The minimum absolute atomic E-state index is 0.267. The van der Waals surface area contributed by atoms with Crippen LogP contribution < -0.4 is 5.32 Å². The van der Waals surface area contributed by atoms with Crippen LogP contribution in [0.5, 0.6) is 0 Å². The molecule has 0 spiro atoms. The molecule has 2 rings (SSSR count). The summed E-state index contributed by atoms with van der Waals surface area (Å²) in [6, 6.07) is 0.460. The first kappa shape index (κ1) is 16.8. The Bertz CT molecular complexity index is 308. The summed E-state index contributed by atoms with van der Waals surface area (Å²) < 4.78 is 5.45. The topological polar surface area (TPSA) is 41.6 Å². The van der Waals surface area contributed by atoms with Crippen LogP contribution in [-0.2, 0) is 9.53 Å². The fourth-order valence-corrected chi connectivity index (χ4v) is 3.58. The average Bonchev–Trinajstić information content (AvgIpc) is 2.52. The summed E-state index contributed by atoms with van der Waals surface area (Å²) in [5, 5.41) is 3.23. The second-order valence-corrected chi connectivity index (χ2v) is 7.01. The first-order chi connectivity index (χ1) is 10.2. The quantitative estimate of drug-likeness (QED) is 0.818. The van der Waals surface area contributed by atoms with Crippen molar-refractivity contribution in [1.29, 1.82) is 0 Å². The Labute approximate surface area is 129 Å². The van der Waals surface area contributed by atoms with E-state index in [2.05, 4.69) is 24.1 Å². The molecule has 1 aliphatic carbocycles. The molecule has 122 valence electrons. The molecule has 1 heterocycles. The van der Waals surface area contributed by atoms with Gasteiger partial charge in [0.05, 0.1) is 13.2 Å². The Kier molecular flexibility index (Phi) is 6.97. The van der Waals surface area contributed by atoms with Crippen LogP contribution in [0, 0.1) is 11.8 Å². The highest BCUT2D eigenvalue weighted by Crippen LogP contribution is 2.23. The Morgan fingerprint density at radius 2 is 1.86 bits per heavy atom. The minimum atomic E-state index is 0.267. The van der Waals surface area contributed by atoms with Crippen molar-refractivity contribution in [3.8, 4) is 0 Å². The summed E-state index contributed by atoms with van der Waals surface area (Å²) in [5.41, 5.74) is 0. The first-order valence-electron chi connectivity index (χ1n) is 8.76. The Balaban J connectivity index is 1.81. The van der Waals surface area contributed by atoms with Crippen LogP contribution in [0.4, 0.5) is 0 Å². The number of morpholine rings is 1. The first-order valence-corrected chi connectivity index (χ1v) is 8.76. The summed E-state index contributed by atoms with van der Waals surface area (Å²) in [5.74, 6) is 1.21. The molecule has 1 atom stereocenters. The highest BCUT2D eigenvalue weighted by atomic mass is 16.5. The van der Waals surface area contributed by atoms with Crippen LogP contribution in [0.25, 0.3) is 0 Å². The van der Waals surface area contributed by atoms with E-state index in [0.717, 1.165) is 52.1 Å². The van der Waals surface area contributed by atoms with E-state index in [1.54, 1.807) is 0 Å². The summed E-state index contributed by atoms with van der Waals surface area (Å²) in [6.45, 7) is 8.96. The molecule has 0 bridgehead atoms. The molecule has 0 aromatic heterocycles. The van der Waals surface area contributed by atoms with E-state index in [4.69, 9.17) is 4.74 Å². The zero-order valence-corrected chi connectivity index (χ0v) is 13.8. The number of hydrogen-bond acceptors (Lipinski definition) is 3. The van der Waals surface area contributed by atoms with Gasteiger partial charge in [0, 0.05) is 31.6 Å². The van der Waals surface area contributed by atoms with E-state index >= 15 is 0 Å². The van der Waals surface area contributed by atoms with Crippen molar-refractivity contribution in [3.05, 3.63) is 0 Å². The SMILES string of the molecule is CC(C)CC(CNC(=O)C1CCCCC1)N1CCOCC1. The van der Waals surface area contributed by atoms with Crippen molar-refractivity contribution in [2.24, 2.45) is 11.8 Å². The summed E-state index contributed by atoms with van der Waals surface area (Å²) in [6.07, 6.45) is 7.04. The van der Waals surface area contributed by atoms with Gasteiger partial charge >= 0.3 is 0 Å². The van der Waals surface area contributed by atoms with Gasteiger partial charge in [-0.2, -0.15) is 0 Å². The molecule has 1 saturated heterocycles. The highest BCUT2D eigenvalue weighted by Gasteiger charge is 2.25. The van der Waals surface area contributed by atoms with Crippen molar-refractivity contribution < 1.29 is 9.53 Å². The van der Waals surface area contributed by atoms with Gasteiger partial charge in [-0.25, -0.2) is 0 Å². The van der Waals surface area contributed by atoms with Gasteiger partial charge in [-0.05, 0) is 25.2 Å². The van der Waals surface area contributed by atoms with Gasteiger partial charge in [0.25, 0.3) is 0 Å². The second-order valence-electron chi connectivity index (χ2n) is 7.01. The Morgan fingerprint density at radius 1 is 1.19 bits per heavy atom. The van der Waals surface area contributed by atoms with Gasteiger partial charge in [0.2, 0.25) is 5.91 Å². The van der Waals surface area contributed by atoms with Crippen molar-refractivity contribution >= 4 is 5.91 Å². The smallest absolute Gasteiger partial charge is 0.223 e. The molecule has 4 heteroatoms. The summed E-state index contributed by atoms with van der Waals surface area (Å²) in [4.78, 5) is 14.8. The molecule has 0 radical (unpaired) electrons.